The first-order valence-electron chi connectivity index (χ1n) is 25.4. The molecule has 8 heteroatoms. The summed E-state index contributed by atoms with van der Waals surface area (Å²) in [6.45, 7) is 9.81. The van der Waals surface area contributed by atoms with Crippen molar-refractivity contribution in [2.24, 2.45) is 0 Å². The molecule has 0 aliphatic rings. The summed E-state index contributed by atoms with van der Waals surface area (Å²) in [5, 5.41) is 26.1. The first-order valence-corrected chi connectivity index (χ1v) is 27.0. The highest BCUT2D eigenvalue weighted by Crippen LogP contribution is 2.54. The van der Waals surface area contributed by atoms with Crippen molar-refractivity contribution in [3.63, 3.8) is 0 Å². The molecule has 350 valence electrons. The molecule has 0 unspecified atom stereocenters. The lowest BCUT2D eigenvalue weighted by Crippen LogP contribution is -2.14. The lowest BCUT2D eigenvalue weighted by atomic mass is 10.0. The van der Waals surface area contributed by atoms with Gasteiger partial charge in [-0.05, 0) is 60.7 Å². The van der Waals surface area contributed by atoms with Crippen molar-refractivity contribution in [1.29, 1.82) is 5.26 Å². The van der Waals surface area contributed by atoms with Crippen LogP contribution < -0.4 is 0 Å². The van der Waals surface area contributed by atoms with Gasteiger partial charge in [0.15, 0.2) is 0 Å². The normalized spacial score (nSPS) is 12.2. The Kier molecular flexibility index (Phi) is 8.36. The van der Waals surface area contributed by atoms with Crippen molar-refractivity contribution >= 4 is 156 Å². The van der Waals surface area contributed by atoms with E-state index in [1.54, 1.807) is 0 Å². The van der Waals surface area contributed by atoms with E-state index in [1.807, 2.05) is 22.7 Å². The molecular formula is C68H36N6S2. The van der Waals surface area contributed by atoms with Crippen LogP contribution in [0.25, 0.3) is 155 Å². The molecule has 17 rings (SSSR count). The van der Waals surface area contributed by atoms with Gasteiger partial charge in [-0.15, -0.1) is 22.7 Å². The van der Waals surface area contributed by atoms with Crippen molar-refractivity contribution in [2.45, 2.75) is 0 Å². The van der Waals surface area contributed by atoms with E-state index in [2.05, 4.69) is 243 Å². The Balaban J connectivity index is 1.19. The molecule has 0 N–H and O–H groups in total. The highest BCUT2D eigenvalue weighted by Gasteiger charge is 2.35. The van der Waals surface area contributed by atoms with Crippen molar-refractivity contribution in [1.82, 2.24) is 18.3 Å². The average molecular weight is 1000 g/mol. The summed E-state index contributed by atoms with van der Waals surface area (Å²) >= 11 is 3.63. The molecule has 0 fully saturated rings. The van der Waals surface area contributed by atoms with Crippen LogP contribution in [0.1, 0.15) is 5.56 Å². The van der Waals surface area contributed by atoms with Gasteiger partial charge in [0.25, 0.3) is 0 Å². The fraction of sp³-hybridized carbons (Fsp3) is 0. The summed E-state index contributed by atoms with van der Waals surface area (Å²) in [6, 6.07) is 80.6. The van der Waals surface area contributed by atoms with Crippen LogP contribution in [-0.2, 0) is 0 Å². The lowest BCUT2D eigenvalue weighted by Gasteiger charge is -2.27. The number of aromatic nitrogens is 4. The third kappa shape index (κ3) is 5.26. The van der Waals surface area contributed by atoms with E-state index in [0.717, 1.165) is 92.9 Å². The predicted molar refractivity (Wildman–Crippen MR) is 321 cm³/mol. The van der Waals surface area contributed by atoms with Gasteiger partial charge in [-0.3, -0.25) is 0 Å². The molecule has 0 aliphatic heterocycles. The number of para-hydroxylation sites is 6. The minimum Gasteiger partial charge on any atom is -0.318 e. The standard InChI is InChI=1S/C68H36N6S2/c1-70-62-63(71-50-26-10-2-18-39(50)40-19-3-11-27-51(40)71)49(38-69)64(73-54-30-14-6-24-47(54)60-56(73)36-34-45-43-22-8-16-32-58(43)75-67(45)60)66(72-52-28-12-4-20-41(52)42-21-5-13-29-53(42)72)65(62)74-55-31-15-7-25-48(55)61-57(74)37-35-46-44-23-9-17-33-59(44)76-68(46)61/h2-37H. The summed E-state index contributed by atoms with van der Waals surface area (Å²) in [4.78, 5) is 4.80. The largest absolute Gasteiger partial charge is 0.318 e. The van der Waals surface area contributed by atoms with Crippen molar-refractivity contribution in [3.8, 4) is 28.8 Å². The Morgan fingerprint density at radius 1 is 0.316 bits per heavy atom. The zero-order valence-corrected chi connectivity index (χ0v) is 41.9. The Morgan fingerprint density at radius 2 is 0.645 bits per heavy atom. The molecular weight excluding hydrogens is 965 g/mol. The second-order valence-corrected chi connectivity index (χ2v) is 21.8. The quantitative estimate of drug-likeness (QED) is 0.162. The van der Waals surface area contributed by atoms with Crippen molar-refractivity contribution < 1.29 is 0 Å². The number of hydrogen-bond acceptors (Lipinski definition) is 3. The number of nitrogens with zero attached hydrogens (tertiary/aromatic N) is 6. The van der Waals surface area contributed by atoms with Crippen LogP contribution in [0.5, 0.6) is 0 Å². The van der Waals surface area contributed by atoms with E-state index in [4.69, 9.17) is 4.85 Å². The van der Waals surface area contributed by atoms with E-state index < -0.39 is 0 Å². The molecule has 6 heterocycles. The smallest absolute Gasteiger partial charge is 0.237 e. The van der Waals surface area contributed by atoms with Crippen LogP contribution in [0, 0.1) is 17.9 Å². The maximum absolute atomic E-state index is 12.6. The first-order chi connectivity index (χ1) is 37.7. The van der Waals surface area contributed by atoms with Gasteiger partial charge in [0.2, 0.25) is 5.69 Å². The highest BCUT2D eigenvalue weighted by atomic mass is 32.1. The molecule has 0 saturated carbocycles. The van der Waals surface area contributed by atoms with Crippen molar-refractivity contribution in [2.75, 3.05) is 0 Å². The molecule has 0 amide bonds. The fourth-order valence-electron chi connectivity index (χ4n) is 13.0. The van der Waals surface area contributed by atoms with E-state index >= 15 is 0 Å². The minimum absolute atomic E-state index is 0.371. The van der Waals surface area contributed by atoms with Crippen LogP contribution in [0.15, 0.2) is 218 Å². The highest BCUT2D eigenvalue weighted by molar-refractivity contribution is 7.27. The van der Waals surface area contributed by atoms with Gasteiger partial charge in [-0.1, -0.05) is 158 Å². The molecule has 6 aromatic heterocycles. The Morgan fingerprint density at radius 3 is 1.05 bits per heavy atom. The molecule has 0 saturated heterocycles. The number of nitriles is 1. The number of benzene rings is 11. The second-order valence-electron chi connectivity index (χ2n) is 19.7. The monoisotopic (exact) mass is 1000 g/mol. The fourth-order valence-corrected chi connectivity index (χ4v) is 15.6. The minimum atomic E-state index is 0.371. The van der Waals surface area contributed by atoms with Gasteiger partial charge in [-0.25, -0.2) is 4.85 Å². The predicted octanol–water partition coefficient (Wildman–Crippen LogP) is 19.2. The molecule has 0 radical (unpaired) electrons. The number of rotatable bonds is 4. The van der Waals surface area contributed by atoms with Crippen molar-refractivity contribution in [3.05, 3.63) is 235 Å². The number of thiophene rings is 2. The number of fused-ring (bicyclic) bond motifs is 20. The molecule has 11 aromatic carbocycles. The van der Waals surface area contributed by atoms with Gasteiger partial charge >= 0.3 is 0 Å². The molecule has 0 atom stereocenters. The summed E-state index contributed by atoms with van der Waals surface area (Å²) < 4.78 is 14.1. The van der Waals surface area contributed by atoms with E-state index in [-0.39, 0.29) is 0 Å². The summed E-state index contributed by atoms with van der Waals surface area (Å²) in [6.07, 6.45) is 0. The third-order valence-corrected chi connectivity index (χ3v) is 18.4. The summed E-state index contributed by atoms with van der Waals surface area (Å²) in [5.41, 5.74) is 11.1. The Labute approximate surface area is 441 Å². The van der Waals surface area contributed by atoms with Crippen LogP contribution in [0.2, 0.25) is 0 Å². The maximum Gasteiger partial charge on any atom is 0.237 e. The first kappa shape index (κ1) is 41.5. The molecule has 0 bridgehead atoms. The van der Waals surface area contributed by atoms with Crippen LogP contribution >= 0.6 is 22.7 Å². The van der Waals surface area contributed by atoms with Crippen LogP contribution in [0.4, 0.5) is 5.69 Å². The molecule has 17 aromatic rings. The number of hydrogen-bond donors (Lipinski definition) is 0. The van der Waals surface area contributed by atoms with Gasteiger partial charge in [0.1, 0.15) is 6.07 Å². The van der Waals surface area contributed by atoms with E-state index in [0.29, 0.717) is 28.3 Å². The summed E-state index contributed by atoms with van der Waals surface area (Å²) in [7, 11) is 0. The summed E-state index contributed by atoms with van der Waals surface area (Å²) in [5.74, 6) is 0. The maximum atomic E-state index is 12.6. The zero-order valence-electron chi connectivity index (χ0n) is 40.3. The topological polar surface area (TPSA) is 47.9 Å². The van der Waals surface area contributed by atoms with Gasteiger partial charge in [0.05, 0.1) is 79.0 Å². The Bertz CT molecular complexity index is 5190. The van der Waals surface area contributed by atoms with Gasteiger partial charge < -0.3 is 18.3 Å². The third-order valence-electron chi connectivity index (χ3n) is 16.0. The zero-order chi connectivity index (χ0) is 49.9. The van der Waals surface area contributed by atoms with Crippen LogP contribution in [0.3, 0.4) is 0 Å². The van der Waals surface area contributed by atoms with E-state index in [9.17, 15) is 11.8 Å². The van der Waals surface area contributed by atoms with E-state index in [1.165, 1.54) is 40.3 Å². The Hall–Kier alpha value is -9.96. The molecule has 0 spiro atoms. The molecule has 0 aliphatic carbocycles. The second kappa shape index (κ2) is 15.3. The average Bonchev–Trinajstić information content (AvgIpc) is 4.43. The SMILES string of the molecule is [C-]#[N+]c1c(-n2c3ccccc3c3ccccc32)c(C#N)c(-n2c3ccccc3c3c4sc5ccccc5c4ccc32)c(-n2c3ccccc3c3ccccc32)c1-n1c2ccccc2c2c3sc4ccccc4c3ccc21. The molecule has 6 nitrogen and oxygen atoms in total. The van der Waals surface area contributed by atoms with Gasteiger partial charge in [0, 0.05) is 83.4 Å². The van der Waals surface area contributed by atoms with Gasteiger partial charge in [-0.2, -0.15) is 5.26 Å². The molecule has 76 heavy (non-hydrogen) atoms. The van der Waals surface area contributed by atoms with Crippen LogP contribution in [-0.4, -0.2) is 18.3 Å². The lowest BCUT2D eigenvalue weighted by molar-refractivity contribution is 1.03.